The van der Waals surface area contributed by atoms with Crippen LogP contribution in [-0.2, 0) is 19.0 Å². The molecule has 2 nitrogen and oxygen atoms in total. The van der Waals surface area contributed by atoms with Crippen molar-refractivity contribution in [2.75, 3.05) is 9.80 Å². The van der Waals surface area contributed by atoms with Crippen molar-refractivity contribution < 1.29 is 13.2 Å². The second-order valence-electron chi connectivity index (χ2n) is 19.0. The lowest BCUT2D eigenvalue weighted by molar-refractivity contribution is -0.137. The third kappa shape index (κ3) is 5.96. The number of nitrogens with zero attached hydrogens (tertiary/aromatic N) is 2. The molecule has 0 fully saturated rings. The highest BCUT2D eigenvalue weighted by Crippen LogP contribution is 2.58. The number of fused-ring (bicyclic) bond motifs is 4. The summed E-state index contributed by atoms with van der Waals surface area (Å²) < 4.78 is 47.0. The summed E-state index contributed by atoms with van der Waals surface area (Å²) in [6.07, 6.45) is -3.01. The molecule has 8 rings (SSSR count). The highest BCUT2D eigenvalue weighted by atomic mass is 19.4. The molecule has 6 aromatic carbocycles. The van der Waals surface area contributed by atoms with E-state index in [-0.39, 0.29) is 5.56 Å². The minimum Gasteiger partial charge on any atom is -0.309 e. The molecule has 0 saturated carbocycles. The van der Waals surface area contributed by atoms with E-state index in [1.165, 1.54) is 106 Å². The van der Waals surface area contributed by atoms with Crippen LogP contribution in [0.15, 0.2) is 30.3 Å². The second-order valence-corrected chi connectivity index (χ2v) is 19.0. The molecule has 0 bridgehead atoms. The van der Waals surface area contributed by atoms with Crippen molar-refractivity contribution in [3.63, 3.8) is 0 Å². The highest BCUT2D eigenvalue weighted by Gasteiger charge is 2.40. The summed E-state index contributed by atoms with van der Waals surface area (Å²) in [7, 11) is 0. The molecule has 322 valence electrons. The predicted octanol–water partition coefficient (Wildman–Crippen LogP) is 16.7. The fourth-order valence-electron chi connectivity index (χ4n) is 11.2. The summed E-state index contributed by atoms with van der Waals surface area (Å²) in [6, 6.07) is 8.98. The Balaban J connectivity index is 1.60. The van der Waals surface area contributed by atoms with Gasteiger partial charge in [-0.2, -0.15) is 13.2 Å². The lowest BCUT2D eigenvalue weighted by Gasteiger charge is -2.42. The first-order chi connectivity index (χ1) is 28.9. The van der Waals surface area contributed by atoms with Crippen LogP contribution in [0.3, 0.4) is 0 Å². The molecule has 0 amide bonds. The van der Waals surface area contributed by atoms with E-state index in [0.717, 1.165) is 63.7 Å². The number of benzene rings is 6. The molecule has 2 aliphatic heterocycles. The van der Waals surface area contributed by atoms with E-state index in [0.29, 0.717) is 11.1 Å². The Morgan fingerprint density at radius 2 is 0.694 bits per heavy atom. The molecule has 0 radical (unpaired) electrons. The number of anilines is 6. The summed E-state index contributed by atoms with van der Waals surface area (Å²) in [6.45, 7) is 39.4. The molecular weight excluding hydrogens is 770 g/mol. The number of hydrogen-bond acceptors (Lipinski definition) is 2. The van der Waals surface area contributed by atoms with Crippen LogP contribution in [0.5, 0.6) is 0 Å². The normalized spacial score (nSPS) is 13.4. The Kier molecular flexibility index (Phi) is 10.2. The molecule has 0 atom stereocenters. The third-order valence-electron chi connectivity index (χ3n) is 16.4. The van der Waals surface area contributed by atoms with Crippen LogP contribution in [0, 0.1) is 125 Å². The van der Waals surface area contributed by atoms with Crippen molar-refractivity contribution in [1.82, 2.24) is 0 Å². The standard InChI is InChI=1S/C57H63F3N2/c1-26-20-19-21-49(57(58,59)60)52(26)48-25-50(61-53-40(15)32(7)28(3)36(11)44(53)23-45-37(12)29(4)33(8)41(16)54(45)61)27(2)22-51(48)62-55-42(17)34(9)30(5)38(13)46(55)24-47-39(14)31(6)35(10)43(18)56(47)62/h19-22,25H,23-24H2,1-18H3. The first-order valence-electron chi connectivity index (χ1n) is 22.2. The Morgan fingerprint density at radius 3 is 1.03 bits per heavy atom. The maximum absolute atomic E-state index is 15.7. The van der Waals surface area contributed by atoms with E-state index < -0.39 is 11.7 Å². The summed E-state index contributed by atoms with van der Waals surface area (Å²) in [5.74, 6) is 0. The van der Waals surface area contributed by atoms with Crippen LogP contribution in [0.2, 0.25) is 0 Å². The molecule has 0 unspecified atom stereocenters. The van der Waals surface area contributed by atoms with E-state index in [2.05, 4.69) is 140 Å². The molecule has 2 aliphatic rings. The predicted molar refractivity (Wildman–Crippen MR) is 257 cm³/mol. The van der Waals surface area contributed by atoms with Crippen molar-refractivity contribution in [3.05, 3.63) is 158 Å². The van der Waals surface area contributed by atoms with Crippen LogP contribution in [0.4, 0.5) is 47.3 Å². The van der Waals surface area contributed by atoms with Crippen molar-refractivity contribution in [1.29, 1.82) is 0 Å². The summed E-state index contributed by atoms with van der Waals surface area (Å²) in [4.78, 5) is 4.82. The molecule has 0 aliphatic carbocycles. The Bertz CT molecular complexity index is 2840. The van der Waals surface area contributed by atoms with Crippen molar-refractivity contribution in [2.45, 2.75) is 144 Å². The number of rotatable bonds is 3. The van der Waals surface area contributed by atoms with Gasteiger partial charge in [-0.3, -0.25) is 0 Å². The second kappa shape index (κ2) is 14.6. The number of hydrogen-bond donors (Lipinski definition) is 0. The zero-order chi connectivity index (χ0) is 45.5. The molecule has 0 spiro atoms. The maximum Gasteiger partial charge on any atom is 0.417 e. The van der Waals surface area contributed by atoms with Gasteiger partial charge in [0.15, 0.2) is 0 Å². The van der Waals surface area contributed by atoms with Gasteiger partial charge in [-0.25, -0.2) is 0 Å². The van der Waals surface area contributed by atoms with Gasteiger partial charge in [-0.15, -0.1) is 0 Å². The molecular formula is C57H63F3N2. The van der Waals surface area contributed by atoms with E-state index in [1.807, 2.05) is 13.0 Å². The van der Waals surface area contributed by atoms with Gasteiger partial charge >= 0.3 is 6.18 Å². The van der Waals surface area contributed by atoms with Gasteiger partial charge in [-0.05, 0) is 271 Å². The first kappa shape index (κ1) is 43.4. The van der Waals surface area contributed by atoms with Crippen LogP contribution in [0.1, 0.15) is 128 Å². The van der Waals surface area contributed by atoms with Crippen LogP contribution in [0.25, 0.3) is 11.1 Å². The number of aryl methyl sites for hydroxylation is 2. The van der Waals surface area contributed by atoms with Gasteiger partial charge in [0.1, 0.15) is 0 Å². The first-order valence-corrected chi connectivity index (χ1v) is 22.2. The zero-order valence-corrected chi connectivity index (χ0v) is 40.3. The molecule has 5 heteroatoms. The quantitative estimate of drug-likeness (QED) is 0.175. The van der Waals surface area contributed by atoms with Gasteiger partial charge in [0.25, 0.3) is 0 Å². The topological polar surface area (TPSA) is 6.48 Å². The molecule has 2 heterocycles. The Morgan fingerprint density at radius 1 is 0.371 bits per heavy atom. The maximum atomic E-state index is 15.7. The Labute approximate surface area is 368 Å². The minimum atomic E-state index is -4.59. The lowest BCUT2D eigenvalue weighted by atomic mass is 9.79. The van der Waals surface area contributed by atoms with Gasteiger partial charge in [-0.1, -0.05) is 12.1 Å². The van der Waals surface area contributed by atoms with Gasteiger partial charge in [0.05, 0.1) is 34.0 Å². The van der Waals surface area contributed by atoms with Crippen molar-refractivity contribution in [3.8, 4) is 11.1 Å². The van der Waals surface area contributed by atoms with Gasteiger partial charge in [0.2, 0.25) is 0 Å². The Hall–Kier alpha value is -5.29. The summed E-state index contributed by atoms with van der Waals surface area (Å²) in [5.41, 5.74) is 32.7. The molecule has 62 heavy (non-hydrogen) atoms. The fourth-order valence-corrected chi connectivity index (χ4v) is 11.2. The van der Waals surface area contributed by atoms with E-state index >= 15 is 13.2 Å². The largest absolute Gasteiger partial charge is 0.417 e. The van der Waals surface area contributed by atoms with E-state index in [1.54, 1.807) is 6.07 Å². The van der Waals surface area contributed by atoms with E-state index in [4.69, 9.17) is 0 Å². The number of alkyl halides is 3. The smallest absolute Gasteiger partial charge is 0.309 e. The van der Waals surface area contributed by atoms with Crippen LogP contribution < -0.4 is 9.80 Å². The lowest BCUT2D eigenvalue weighted by Crippen LogP contribution is -2.27. The highest BCUT2D eigenvalue weighted by molar-refractivity contribution is 6.00. The summed E-state index contributed by atoms with van der Waals surface area (Å²) >= 11 is 0. The zero-order valence-electron chi connectivity index (χ0n) is 40.3. The van der Waals surface area contributed by atoms with Gasteiger partial charge < -0.3 is 9.80 Å². The average molecular weight is 833 g/mol. The third-order valence-corrected chi connectivity index (χ3v) is 16.4. The fraction of sp³-hybridized carbons (Fsp3) is 0.368. The van der Waals surface area contributed by atoms with E-state index in [9.17, 15) is 0 Å². The molecule has 0 aromatic heterocycles. The van der Waals surface area contributed by atoms with Gasteiger partial charge in [0, 0.05) is 24.1 Å². The average Bonchev–Trinajstić information content (AvgIpc) is 3.23. The summed E-state index contributed by atoms with van der Waals surface area (Å²) in [5, 5.41) is 0. The minimum absolute atomic E-state index is 0.222. The van der Waals surface area contributed by atoms with Crippen molar-refractivity contribution in [2.24, 2.45) is 0 Å². The SMILES string of the molecule is Cc1cc(N2c3c(C)c(C)c(C)c(C)c3Cc3c(C)c(C)c(C)c(C)c32)c(-c2c(C)cccc2C(F)(F)F)cc1N1c2c(C)c(C)c(C)c(C)c2Cc2c(C)c(C)c(C)c(C)c21. The molecule has 6 aromatic rings. The monoisotopic (exact) mass is 832 g/mol. The number of halogens is 3. The molecule has 0 N–H and O–H groups in total. The molecule has 0 saturated heterocycles. The van der Waals surface area contributed by atoms with Crippen molar-refractivity contribution >= 4 is 34.1 Å². The van der Waals surface area contributed by atoms with Crippen LogP contribution in [-0.4, -0.2) is 0 Å². The van der Waals surface area contributed by atoms with Crippen LogP contribution >= 0.6 is 0 Å².